The van der Waals surface area contributed by atoms with E-state index in [9.17, 15) is 9.18 Å². The molecular formula is C18H17FN2OS2. The molecule has 0 fully saturated rings. The van der Waals surface area contributed by atoms with Crippen molar-refractivity contribution in [1.29, 1.82) is 0 Å². The van der Waals surface area contributed by atoms with Crippen molar-refractivity contribution in [1.82, 2.24) is 10.3 Å². The predicted octanol–water partition coefficient (Wildman–Crippen LogP) is 4.60. The number of carbonyl (C=O) groups excluding carboxylic acids is 1. The van der Waals surface area contributed by atoms with E-state index in [1.807, 2.05) is 6.92 Å². The number of halogens is 1. The third kappa shape index (κ3) is 4.07. The zero-order valence-corrected chi connectivity index (χ0v) is 15.1. The molecule has 0 atom stereocenters. The van der Waals surface area contributed by atoms with Gasteiger partial charge in [-0.25, -0.2) is 9.37 Å². The Morgan fingerprint density at radius 3 is 2.79 bits per heavy atom. The van der Waals surface area contributed by atoms with Crippen molar-refractivity contribution in [3.8, 4) is 10.6 Å². The van der Waals surface area contributed by atoms with Gasteiger partial charge in [0.05, 0.1) is 15.6 Å². The van der Waals surface area contributed by atoms with Crippen LogP contribution in [-0.2, 0) is 6.42 Å². The molecule has 0 aliphatic carbocycles. The van der Waals surface area contributed by atoms with E-state index in [0.29, 0.717) is 12.1 Å². The molecule has 2 heterocycles. The molecule has 1 amide bonds. The third-order valence-corrected chi connectivity index (χ3v) is 5.44. The molecule has 124 valence electrons. The second kappa shape index (κ2) is 7.23. The minimum atomic E-state index is -0.387. The van der Waals surface area contributed by atoms with Crippen molar-refractivity contribution in [3.05, 3.63) is 62.5 Å². The first kappa shape index (κ1) is 16.8. The normalized spacial score (nSPS) is 10.8. The lowest BCUT2D eigenvalue weighted by Crippen LogP contribution is -2.25. The number of thiazole rings is 1. The van der Waals surface area contributed by atoms with E-state index < -0.39 is 0 Å². The van der Waals surface area contributed by atoms with Crippen LogP contribution in [0.15, 0.2) is 35.7 Å². The maximum atomic E-state index is 13.4. The topological polar surface area (TPSA) is 42.0 Å². The Hall–Kier alpha value is -2.05. The molecule has 24 heavy (non-hydrogen) atoms. The summed E-state index contributed by atoms with van der Waals surface area (Å²) in [6.07, 6.45) is 0.744. The number of aryl methyl sites for hydroxylation is 2. The molecule has 0 aliphatic heterocycles. The smallest absolute Gasteiger partial charge is 0.251 e. The second-order valence-corrected chi connectivity index (χ2v) is 7.77. The largest absolute Gasteiger partial charge is 0.352 e. The first-order chi connectivity index (χ1) is 11.5. The van der Waals surface area contributed by atoms with E-state index in [0.717, 1.165) is 27.6 Å². The Labute approximate surface area is 148 Å². The van der Waals surface area contributed by atoms with Crippen LogP contribution in [0.1, 0.15) is 25.8 Å². The van der Waals surface area contributed by atoms with Crippen molar-refractivity contribution < 1.29 is 9.18 Å². The summed E-state index contributed by atoms with van der Waals surface area (Å²) in [6, 6.07) is 8.48. The van der Waals surface area contributed by atoms with Crippen LogP contribution in [0, 0.1) is 19.7 Å². The van der Waals surface area contributed by atoms with E-state index in [-0.39, 0.29) is 11.7 Å². The molecule has 3 nitrogen and oxygen atoms in total. The molecule has 0 radical (unpaired) electrons. The van der Waals surface area contributed by atoms with Gasteiger partial charge in [0.25, 0.3) is 5.91 Å². The summed E-state index contributed by atoms with van der Waals surface area (Å²) >= 11 is 3.32. The lowest BCUT2D eigenvalue weighted by Gasteiger charge is -2.05. The maximum absolute atomic E-state index is 13.4. The number of hydrogen-bond acceptors (Lipinski definition) is 4. The zero-order valence-electron chi connectivity index (χ0n) is 13.4. The van der Waals surface area contributed by atoms with Crippen molar-refractivity contribution in [2.45, 2.75) is 20.3 Å². The number of amides is 1. The van der Waals surface area contributed by atoms with Gasteiger partial charge in [0, 0.05) is 22.4 Å². The monoisotopic (exact) mass is 360 g/mol. The van der Waals surface area contributed by atoms with Crippen LogP contribution in [0.4, 0.5) is 4.39 Å². The average molecular weight is 360 g/mol. The Bertz CT molecular complexity index is 849. The third-order valence-electron chi connectivity index (χ3n) is 3.49. The fourth-order valence-electron chi connectivity index (χ4n) is 2.40. The van der Waals surface area contributed by atoms with E-state index in [1.54, 1.807) is 35.7 Å². The van der Waals surface area contributed by atoms with Gasteiger partial charge in [0.15, 0.2) is 0 Å². The molecule has 1 aromatic carbocycles. The lowest BCUT2D eigenvalue weighted by atomic mass is 10.1. The molecule has 3 aromatic rings. The van der Waals surface area contributed by atoms with Crippen LogP contribution >= 0.6 is 22.7 Å². The van der Waals surface area contributed by atoms with E-state index in [2.05, 4.69) is 27.8 Å². The average Bonchev–Trinajstić information content (AvgIpc) is 3.15. The predicted molar refractivity (Wildman–Crippen MR) is 97.3 cm³/mol. The van der Waals surface area contributed by atoms with Crippen LogP contribution < -0.4 is 5.32 Å². The minimum Gasteiger partial charge on any atom is -0.352 e. The SMILES string of the molecule is Cc1cc(F)cc(C(=O)NCCc2ccc(-c3csc(C)n3)s2)c1. The van der Waals surface area contributed by atoms with Gasteiger partial charge in [-0.15, -0.1) is 22.7 Å². The van der Waals surface area contributed by atoms with Gasteiger partial charge in [-0.05, 0) is 56.2 Å². The zero-order chi connectivity index (χ0) is 17.1. The van der Waals surface area contributed by atoms with Gasteiger partial charge in [-0.2, -0.15) is 0 Å². The Balaban J connectivity index is 1.56. The number of nitrogens with one attached hydrogen (secondary N) is 1. The lowest BCUT2D eigenvalue weighted by molar-refractivity contribution is 0.0953. The molecular weight excluding hydrogens is 343 g/mol. The van der Waals surface area contributed by atoms with Crippen molar-refractivity contribution in [2.24, 2.45) is 0 Å². The highest BCUT2D eigenvalue weighted by atomic mass is 32.1. The summed E-state index contributed by atoms with van der Waals surface area (Å²) in [4.78, 5) is 18.9. The first-order valence-electron chi connectivity index (χ1n) is 7.58. The number of aromatic nitrogens is 1. The molecule has 0 bridgehead atoms. The summed E-state index contributed by atoms with van der Waals surface area (Å²) in [5.41, 5.74) is 2.10. The van der Waals surface area contributed by atoms with Gasteiger partial charge >= 0.3 is 0 Å². The fraction of sp³-hybridized carbons (Fsp3) is 0.222. The molecule has 3 rings (SSSR count). The van der Waals surface area contributed by atoms with Crippen LogP contribution in [0.3, 0.4) is 0 Å². The number of thiophene rings is 1. The Morgan fingerprint density at radius 1 is 1.25 bits per heavy atom. The second-order valence-electron chi connectivity index (χ2n) is 5.54. The number of nitrogens with zero attached hydrogens (tertiary/aromatic N) is 1. The van der Waals surface area contributed by atoms with Gasteiger partial charge in [-0.1, -0.05) is 0 Å². The van der Waals surface area contributed by atoms with Crippen LogP contribution in [0.25, 0.3) is 10.6 Å². The number of hydrogen-bond donors (Lipinski definition) is 1. The van der Waals surface area contributed by atoms with Crippen LogP contribution in [0.5, 0.6) is 0 Å². The van der Waals surface area contributed by atoms with Crippen molar-refractivity contribution in [2.75, 3.05) is 6.54 Å². The van der Waals surface area contributed by atoms with E-state index in [4.69, 9.17) is 0 Å². The summed E-state index contributed by atoms with van der Waals surface area (Å²) in [5, 5.41) is 5.95. The maximum Gasteiger partial charge on any atom is 0.251 e. The summed E-state index contributed by atoms with van der Waals surface area (Å²) in [6.45, 7) is 4.28. The van der Waals surface area contributed by atoms with Crippen LogP contribution in [-0.4, -0.2) is 17.4 Å². The van der Waals surface area contributed by atoms with Crippen LogP contribution in [0.2, 0.25) is 0 Å². The van der Waals surface area contributed by atoms with Crippen molar-refractivity contribution >= 4 is 28.6 Å². The summed E-state index contributed by atoms with van der Waals surface area (Å²) in [7, 11) is 0. The molecule has 0 unspecified atom stereocenters. The molecule has 2 aromatic heterocycles. The Morgan fingerprint density at radius 2 is 2.08 bits per heavy atom. The quantitative estimate of drug-likeness (QED) is 0.722. The molecule has 0 aliphatic rings. The highest BCUT2D eigenvalue weighted by Crippen LogP contribution is 2.29. The highest BCUT2D eigenvalue weighted by molar-refractivity contribution is 7.16. The molecule has 0 spiro atoms. The molecule has 0 saturated carbocycles. The van der Waals surface area contributed by atoms with Gasteiger partial charge in [-0.3, -0.25) is 4.79 Å². The van der Waals surface area contributed by atoms with Gasteiger partial charge < -0.3 is 5.32 Å². The highest BCUT2D eigenvalue weighted by Gasteiger charge is 2.09. The fourth-order valence-corrected chi connectivity index (χ4v) is 4.05. The number of rotatable bonds is 5. The number of carbonyl (C=O) groups is 1. The molecule has 0 saturated heterocycles. The van der Waals surface area contributed by atoms with Crippen molar-refractivity contribution in [3.63, 3.8) is 0 Å². The van der Waals surface area contributed by atoms with E-state index in [1.165, 1.54) is 17.0 Å². The summed E-state index contributed by atoms with van der Waals surface area (Å²) < 4.78 is 13.4. The van der Waals surface area contributed by atoms with Gasteiger partial charge in [0.1, 0.15) is 5.82 Å². The first-order valence-corrected chi connectivity index (χ1v) is 9.27. The number of benzene rings is 1. The van der Waals surface area contributed by atoms with E-state index >= 15 is 0 Å². The Kier molecular flexibility index (Phi) is 5.06. The molecule has 6 heteroatoms. The summed E-state index contributed by atoms with van der Waals surface area (Å²) in [5.74, 6) is -0.633. The minimum absolute atomic E-state index is 0.246. The standard InChI is InChI=1S/C18H17FN2OS2/c1-11-7-13(9-14(19)8-11)18(22)20-6-5-15-3-4-17(24-15)16-10-23-12(2)21-16/h3-4,7-10H,5-6H2,1-2H3,(H,20,22). The van der Waals surface area contributed by atoms with Gasteiger partial charge in [0.2, 0.25) is 0 Å². The molecule has 1 N–H and O–H groups in total.